The molecule has 1 amide bonds. The third-order valence-electron chi connectivity index (χ3n) is 6.81. The number of benzene rings is 2. The third kappa shape index (κ3) is 5.65. The Morgan fingerprint density at radius 2 is 1.74 bits per heavy atom. The standard InChI is InChI=1S/C27H34N2O6/c1-6-34-25(31)22-16-21(33-5)15-19(2)24(22)28-26(32)27(13-10-14-27)29(3,4)17-23(30)35-18-20-11-8-7-9-12-20/h7-9,11-12,15-16H,6,10,13-14,17-18H2,1-5H3/p+1. The second kappa shape index (κ2) is 10.9. The summed E-state index contributed by atoms with van der Waals surface area (Å²) in [5.41, 5.74) is 1.40. The van der Waals surface area contributed by atoms with E-state index in [2.05, 4.69) is 5.32 Å². The zero-order valence-electron chi connectivity index (χ0n) is 21.2. The molecule has 2 aromatic carbocycles. The second-order valence-electron chi connectivity index (χ2n) is 9.42. The van der Waals surface area contributed by atoms with Crippen molar-refractivity contribution in [3.05, 3.63) is 59.2 Å². The largest absolute Gasteiger partial charge is 0.497 e. The van der Waals surface area contributed by atoms with Crippen molar-refractivity contribution in [2.45, 2.75) is 45.3 Å². The van der Waals surface area contributed by atoms with Gasteiger partial charge in [-0.1, -0.05) is 30.3 Å². The molecule has 1 aliphatic rings. The average Bonchev–Trinajstić information content (AvgIpc) is 2.78. The minimum Gasteiger partial charge on any atom is -0.497 e. The zero-order valence-corrected chi connectivity index (χ0v) is 21.2. The average molecular weight is 484 g/mol. The number of hydrogen-bond donors (Lipinski definition) is 1. The first-order valence-corrected chi connectivity index (χ1v) is 11.8. The highest BCUT2D eigenvalue weighted by Gasteiger charge is 2.57. The van der Waals surface area contributed by atoms with Crippen molar-refractivity contribution in [3.63, 3.8) is 0 Å². The number of likely N-dealkylation sites (N-methyl/N-ethyl adjacent to an activating group) is 1. The van der Waals surface area contributed by atoms with E-state index in [1.54, 1.807) is 26.0 Å². The Bertz CT molecular complexity index is 1080. The van der Waals surface area contributed by atoms with Crippen molar-refractivity contribution in [1.29, 1.82) is 0 Å². The van der Waals surface area contributed by atoms with Gasteiger partial charge in [0.05, 0.1) is 39.1 Å². The van der Waals surface area contributed by atoms with Gasteiger partial charge in [-0.3, -0.25) is 4.79 Å². The molecular formula is C27H35N2O6+. The fourth-order valence-corrected chi connectivity index (χ4v) is 4.51. The van der Waals surface area contributed by atoms with E-state index < -0.39 is 11.5 Å². The number of carbonyl (C=O) groups is 3. The van der Waals surface area contributed by atoms with Gasteiger partial charge in [-0.05, 0) is 43.5 Å². The topological polar surface area (TPSA) is 90.9 Å². The SMILES string of the molecule is CCOC(=O)c1cc(OC)cc(C)c1NC(=O)C1([N+](C)(C)CC(=O)OCc2ccccc2)CCC1. The molecule has 0 bridgehead atoms. The van der Waals surface area contributed by atoms with Gasteiger partial charge in [0.25, 0.3) is 5.91 Å². The number of aryl methyl sites for hydroxylation is 1. The molecule has 1 fully saturated rings. The van der Waals surface area contributed by atoms with Crippen LogP contribution in [0.5, 0.6) is 5.75 Å². The van der Waals surface area contributed by atoms with Gasteiger partial charge in [0, 0.05) is 12.8 Å². The minimum atomic E-state index is -0.815. The number of rotatable bonds is 10. The molecule has 0 spiro atoms. The molecule has 2 aromatic rings. The van der Waals surface area contributed by atoms with Gasteiger partial charge in [0.2, 0.25) is 0 Å². The van der Waals surface area contributed by atoms with Crippen LogP contribution in [0.25, 0.3) is 0 Å². The highest BCUT2D eigenvalue weighted by atomic mass is 16.5. The maximum Gasteiger partial charge on any atom is 0.362 e. The lowest BCUT2D eigenvalue weighted by Gasteiger charge is -2.51. The Morgan fingerprint density at radius 1 is 1.06 bits per heavy atom. The van der Waals surface area contributed by atoms with Gasteiger partial charge in [-0.25, -0.2) is 9.59 Å². The van der Waals surface area contributed by atoms with Gasteiger partial charge in [0.15, 0.2) is 12.1 Å². The Balaban J connectivity index is 1.79. The molecular weight excluding hydrogens is 448 g/mol. The van der Waals surface area contributed by atoms with Gasteiger partial charge in [0.1, 0.15) is 12.4 Å². The normalized spacial score (nSPS) is 14.4. The number of hydrogen-bond acceptors (Lipinski definition) is 6. The first kappa shape index (κ1) is 26.2. The van der Waals surface area contributed by atoms with Crippen LogP contribution in [0.2, 0.25) is 0 Å². The maximum atomic E-state index is 13.7. The van der Waals surface area contributed by atoms with Crippen LogP contribution in [0, 0.1) is 6.92 Å². The Labute approximate surface area is 206 Å². The number of amides is 1. The summed E-state index contributed by atoms with van der Waals surface area (Å²) in [6, 6.07) is 12.8. The van der Waals surface area contributed by atoms with Crippen molar-refractivity contribution in [1.82, 2.24) is 0 Å². The molecule has 0 aliphatic heterocycles. The Kier molecular flexibility index (Phi) is 8.17. The number of anilines is 1. The molecule has 1 aliphatic carbocycles. The molecule has 8 heteroatoms. The van der Waals surface area contributed by atoms with E-state index in [-0.39, 0.29) is 41.7 Å². The first-order valence-electron chi connectivity index (χ1n) is 11.8. The van der Waals surface area contributed by atoms with Crippen LogP contribution >= 0.6 is 0 Å². The van der Waals surface area contributed by atoms with E-state index in [1.807, 2.05) is 44.4 Å². The van der Waals surface area contributed by atoms with Gasteiger partial charge >= 0.3 is 11.9 Å². The Hall–Kier alpha value is -3.39. The summed E-state index contributed by atoms with van der Waals surface area (Å²) in [7, 11) is 5.26. The molecule has 0 aromatic heterocycles. The number of nitrogens with zero attached hydrogens (tertiary/aromatic N) is 1. The van der Waals surface area contributed by atoms with Gasteiger partial charge < -0.3 is 24.0 Å². The predicted molar refractivity (Wildman–Crippen MR) is 132 cm³/mol. The molecule has 188 valence electrons. The monoisotopic (exact) mass is 483 g/mol. The first-order chi connectivity index (χ1) is 16.6. The molecule has 0 atom stereocenters. The van der Waals surface area contributed by atoms with E-state index in [1.165, 1.54) is 7.11 Å². The second-order valence-corrected chi connectivity index (χ2v) is 9.42. The lowest BCUT2D eigenvalue weighted by molar-refractivity contribution is -0.931. The molecule has 1 saturated carbocycles. The molecule has 3 rings (SSSR count). The van der Waals surface area contributed by atoms with Gasteiger partial charge in [-0.2, -0.15) is 0 Å². The molecule has 0 heterocycles. The minimum absolute atomic E-state index is 0.0482. The molecule has 0 radical (unpaired) electrons. The summed E-state index contributed by atoms with van der Waals surface area (Å²) >= 11 is 0. The summed E-state index contributed by atoms with van der Waals surface area (Å²) in [5.74, 6) is -0.640. The summed E-state index contributed by atoms with van der Waals surface area (Å²) in [4.78, 5) is 39.0. The molecule has 0 saturated heterocycles. The molecule has 1 N–H and O–H groups in total. The smallest absolute Gasteiger partial charge is 0.362 e. The van der Waals surface area contributed by atoms with Crippen LogP contribution in [0.1, 0.15) is 47.7 Å². The number of carbonyl (C=O) groups excluding carboxylic acids is 3. The fourth-order valence-electron chi connectivity index (χ4n) is 4.51. The summed E-state index contributed by atoms with van der Waals surface area (Å²) in [6.45, 7) is 3.97. The lowest BCUT2D eigenvalue weighted by atomic mass is 9.73. The number of esters is 2. The number of nitrogens with one attached hydrogen (secondary N) is 1. The van der Waals surface area contributed by atoms with E-state index in [4.69, 9.17) is 14.2 Å². The predicted octanol–water partition coefficient (Wildman–Crippen LogP) is 3.86. The van der Waals surface area contributed by atoms with E-state index >= 15 is 0 Å². The number of quaternary nitrogens is 1. The molecule has 8 nitrogen and oxygen atoms in total. The number of ether oxygens (including phenoxy) is 3. The van der Waals surface area contributed by atoms with Crippen LogP contribution < -0.4 is 10.1 Å². The Morgan fingerprint density at radius 3 is 2.31 bits per heavy atom. The highest BCUT2D eigenvalue weighted by molar-refractivity contribution is 6.05. The van der Waals surface area contributed by atoms with Crippen molar-refractivity contribution in [3.8, 4) is 5.75 Å². The molecule has 35 heavy (non-hydrogen) atoms. The molecule has 0 unspecified atom stereocenters. The van der Waals surface area contributed by atoms with Gasteiger partial charge in [-0.15, -0.1) is 0 Å². The van der Waals surface area contributed by atoms with Crippen LogP contribution in [0.4, 0.5) is 5.69 Å². The summed E-state index contributed by atoms with van der Waals surface area (Å²) in [6.07, 6.45) is 2.13. The van der Waals surface area contributed by atoms with Crippen molar-refractivity contribution >= 4 is 23.5 Å². The third-order valence-corrected chi connectivity index (χ3v) is 6.81. The van der Waals surface area contributed by atoms with Crippen LogP contribution in [0.3, 0.4) is 0 Å². The van der Waals surface area contributed by atoms with Crippen LogP contribution in [0.15, 0.2) is 42.5 Å². The van der Waals surface area contributed by atoms with Crippen LogP contribution in [-0.4, -0.2) is 62.2 Å². The van der Waals surface area contributed by atoms with Crippen molar-refractivity contribution in [2.24, 2.45) is 0 Å². The maximum absolute atomic E-state index is 13.7. The highest BCUT2D eigenvalue weighted by Crippen LogP contribution is 2.42. The zero-order chi connectivity index (χ0) is 25.6. The number of methoxy groups -OCH3 is 1. The van der Waals surface area contributed by atoms with E-state index in [0.717, 1.165) is 12.0 Å². The lowest BCUT2D eigenvalue weighted by Crippen LogP contribution is -2.70. The quantitative estimate of drug-likeness (QED) is 0.408. The van der Waals surface area contributed by atoms with Crippen LogP contribution in [-0.2, 0) is 25.7 Å². The van der Waals surface area contributed by atoms with Crippen molar-refractivity contribution < 1.29 is 33.1 Å². The summed E-state index contributed by atoms with van der Waals surface area (Å²) in [5, 5.41) is 2.99. The van der Waals surface area contributed by atoms with Crippen molar-refractivity contribution in [2.75, 3.05) is 39.7 Å². The van der Waals surface area contributed by atoms with E-state index in [0.29, 0.717) is 29.8 Å². The fraction of sp³-hybridized carbons (Fsp3) is 0.444. The van der Waals surface area contributed by atoms with E-state index in [9.17, 15) is 14.4 Å². The summed E-state index contributed by atoms with van der Waals surface area (Å²) < 4.78 is 16.1.